The number of Topliss-reactive ketones (excluding diaryl/α,β-unsaturated/α-hetero) is 1. The molecule has 0 N–H and O–H groups in total. The summed E-state index contributed by atoms with van der Waals surface area (Å²) in [6, 6.07) is 3.67. The van der Waals surface area contributed by atoms with Gasteiger partial charge < -0.3 is 0 Å². The van der Waals surface area contributed by atoms with E-state index in [9.17, 15) is 13.6 Å². The highest BCUT2D eigenvalue weighted by molar-refractivity contribution is 7.17. The van der Waals surface area contributed by atoms with Crippen molar-refractivity contribution in [1.29, 1.82) is 0 Å². The van der Waals surface area contributed by atoms with Gasteiger partial charge in [0.05, 0.1) is 16.1 Å². The first-order chi connectivity index (χ1) is 8.91. The van der Waals surface area contributed by atoms with Crippen molar-refractivity contribution in [3.05, 3.63) is 40.4 Å². The molecule has 1 heterocycles. The van der Waals surface area contributed by atoms with Gasteiger partial charge in [0.25, 0.3) is 0 Å². The van der Waals surface area contributed by atoms with Gasteiger partial charge in [-0.2, -0.15) is 0 Å². The predicted molar refractivity (Wildman–Crippen MR) is 71.6 cm³/mol. The molecular formula is C14H13F2NOS. The average Bonchev–Trinajstić information content (AvgIpc) is 2.73. The molecule has 2 nitrogen and oxygen atoms in total. The minimum absolute atomic E-state index is 0.0266. The zero-order chi connectivity index (χ0) is 14.2. The molecule has 2 aromatic rings. The van der Waals surface area contributed by atoms with Crippen LogP contribution in [0.3, 0.4) is 0 Å². The maximum absolute atomic E-state index is 13.7. The summed E-state index contributed by atoms with van der Waals surface area (Å²) in [6.45, 7) is 5.22. The molecule has 1 aromatic carbocycles. The lowest BCUT2D eigenvalue weighted by Gasteiger charge is -2.02. The van der Waals surface area contributed by atoms with E-state index in [0.29, 0.717) is 10.6 Å². The second-order valence-corrected chi connectivity index (χ2v) is 5.54. The molecule has 0 unspecified atom stereocenters. The first-order valence-electron chi connectivity index (χ1n) is 5.87. The van der Waals surface area contributed by atoms with Gasteiger partial charge in [-0.3, -0.25) is 4.79 Å². The topological polar surface area (TPSA) is 30.0 Å². The first-order valence-corrected chi connectivity index (χ1v) is 6.69. The van der Waals surface area contributed by atoms with E-state index >= 15 is 0 Å². The van der Waals surface area contributed by atoms with Crippen LogP contribution in [0.1, 0.15) is 42.1 Å². The highest BCUT2D eigenvalue weighted by Gasteiger charge is 2.21. The molecule has 19 heavy (non-hydrogen) atoms. The van der Waals surface area contributed by atoms with Crippen LogP contribution in [0.5, 0.6) is 0 Å². The summed E-state index contributed by atoms with van der Waals surface area (Å²) in [5.41, 5.74) is 0.428. The van der Waals surface area contributed by atoms with Gasteiger partial charge >= 0.3 is 0 Å². The molecule has 5 heteroatoms. The summed E-state index contributed by atoms with van der Waals surface area (Å²) in [5, 5.41) is 0.212. The molecule has 0 saturated heterocycles. The quantitative estimate of drug-likeness (QED) is 0.780. The minimum Gasteiger partial charge on any atom is -0.294 e. The number of halogens is 2. The standard InChI is InChI=1S/C14H13F2NOS/c1-7(2)12-13(8(3)18)19-14(17-12)11-9(15)5-4-6-10(11)16/h4-7H,1-3H3. The molecule has 1 aromatic heterocycles. The van der Waals surface area contributed by atoms with Gasteiger partial charge in [-0.15, -0.1) is 11.3 Å². The van der Waals surface area contributed by atoms with Gasteiger partial charge in [0.2, 0.25) is 0 Å². The van der Waals surface area contributed by atoms with E-state index in [2.05, 4.69) is 4.98 Å². The fraction of sp³-hybridized carbons (Fsp3) is 0.286. The summed E-state index contributed by atoms with van der Waals surface area (Å²) in [7, 11) is 0. The molecule has 0 aliphatic rings. The summed E-state index contributed by atoms with van der Waals surface area (Å²) in [6.07, 6.45) is 0. The lowest BCUT2D eigenvalue weighted by Crippen LogP contribution is -1.97. The van der Waals surface area contributed by atoms with Crippen LogP contribution >= 0.6 is 11.3 Å². The lowest BCUT2D eigenvalue weighted by molar-refractivity contribution is 0.102. The van der Waals surface area contributed by atoms with Gasteiger partial charge in [0.15, 0.2) is 5.78 Å². The van der Waals surface area contributed by atoms with Gasteiger partial charge in [0.1, 0.15) is 16.6 Å². The Balaban J connectivity index is 2.64. The predicted octanol–water partition coefficient (Wildman–Crippen LogP) is 4.41. The number of carbonyl (C=O) groups excluding carboxylic acids is 1. The molecular weight excluding hydrogens is 268 g/mol. The zero-order valence-electron chi connectivity index (χ0n) is 10.8. The summed E-state index contributed by atoms with van der Waals surface area (Å²) >= 11 is 1.04. The van der Waals surface area contributed by atoms with Gasteiger partial charge in [-0.1, -0.05) is 19.9 Å². The van der Waals surface area contributed by atoms with Crippen molar-refractivity contribution in [2.45, 2.75) is 26.7 Å². The Bertz CT molecular complexity index is 614. The van der Waals surface area contributed by atoms with Crippen molar-refractivity contribution >= 4 is 17.1 Å². The molecule has 0 radical (unpaired) electrons. The molecule has 0 bridgehead atoms. The summed E-state index contributed by atoms with van der Waals surface area (Å²) in [4.78, 5) is 16.3. The van der Waals surface area contributed by atoms with E-state index in [0.717, 1.165) is 11.3 Å². The second kappa shape index (κ2) is 5.17. The lowest BCUT2D eigenvalue weighted by atomic mass is 10.1. The Kier molecular flexibility index (Phi) is 3.75. The first kappa shape index (κ1) is 13.8. The van der Waals surface area contributed by atoms with Gasteiger partial charge in [0, 0.05) is 6.92 Å². The third-order valence-electron chi connectivity index (χ3n) is 2.70. The molecule has 0 atom stereocenters. The number of rotatable bonds is 3. The van der Waals surface area contributed by atoms with Gasteiger partial charge in [-0.25, -0.2) is 13.8 Å². The maximum Gasteiger partial charge on any atom is 0.171 e. The number of nitrogens with zero attached hydrogens (tertiary/aromatic N) is 1. The molecule has 0 aliphatic heterocycles. The average molecular weight is 281 g/mol. The van der Waals surface area contributed by atoms with E-state index in [4.69, 9.17) is 0 Å². The molecule has 0 fully saturated rings. The van der Waals surface area contributed by atoms with Crippen molar-refractivity contribution in [1.82, 2.24) is 4.98 Å². The number of benzene rings is 1. The Morgan fingerprint density at radius 1 is 1.26 bits per heavy atom. The number of thiazole rings is 1. The van der Waals surface area contributed by atoms with E-state index in [1.54, 1.807) is 0 Å². The Hall–Kier alpha value is -1.62. The van der Waals surface area contributed by atoms with E-state index in [1.165, 1.54) is 25.1 Å². The SMILES string of the molecule is CC(=O)c1sc(-c2c(F)cccc2F)nc1C(C)C. The third-order valence-corrected chi connectivity index (χ3v) is 3.89. The molecule has 0 saturated carbocycles. The van der Waals surface area contributed by atoms with Crippen LogP contribution in [0, 0.1) is 11.6 Å². The maximum atomic E-state index is 13.7. The highest BCUT2D eigenvalue weighted by atomic mass is 32.1. The van der Waals surface area contributed by atoms with E-state index in [1.807, 2.05) is 13.8 Å². The Morgan fingerprint density at radius 2 is 1.84 bits per heavy atom. The van der Waals surface area contributed by atoms with Crippen molar-refractivity contribution in [2.75, 3.05) is 0 Å². The van der Waals surface area contributed by atoms with Crippen molar-refractivity contribution < 1.29 is 13.6 Å². The number of ketones is 1. The monoisotopic (exact) mass is 281 g/mol. The van der Waals surface area contributed by atoms with Crippen molar-refractivity contribution in [3.63, 3.8) is 0 Å². The molecule has 0 spiro atoms. The summed E-state index contributed by atoms with van der Waals surface area (Å²) < 4.78 is 27.4. The highest BCUT2D eigenvalue weighted by Crippen LogP contribution is 2.34. The van der Waals surface area contributed by atoms with E-state index < -0.39 is 11.6 Å². The molecule has 0 amide bonds. The van der Waals surface area contributed by atoms with Crippen LogP contribution in [-0.4, -0.2) is 10.8 Å². The van der Waals surface area contributed by atoms with Crippen molar-refractivity contribution in [2.24, 2.45) is 0 Å². The summed E-state index contributed by atoms with van der Waals surface area (Å²) in [5.74, 6) is -1.44. The normalized spacial score (nSPS) is 11.1. The zero-order valence-corrected chi connectivity index (χ0v) is 11.6. The largest absolute Gasteiger partial charge is 0.294 e. The fourth-order valence-corrected chi connectivity index (χ4v) is 2.95. The molecule has 0 aliphatic carbocycles. The van der Waals surface area contributed by atoms with Crippen LogP contribution in [0.15, 0.2) is 18.2 Å². The van der Waals surface area contributed by atoms with Crippen LogP contribution in [0.25, 0.3) is 10.6 Å². The van der Waals surface area contributed by atoms with Crippen LogP contribution in [-0.2, 0) is 0 Å². The third kappa shape index (κ3) is 2.56. The smallest absolute Gasteiger partial charge is 0.171 e. The van der Waals surface area contributed by atoms with Gasteiger partial charge in [-0.05, 0) is 18.1 Å². The van der Waals surface area contributed by atoms with E-state index in [-0.39, 0.29) is 22.3 Å². The minimum atomic E-state index is -0.667. The van der Waals surface area contributed by atoms with Crippen LogP contribution < -0.4 is 0 Å². The fourth-order valence-electron chi connectivity index (χ4n) is 1.78. The van der Waals surface area contributed by atoms with Crippen LogP contribution in [0.4, 0.5) is 8.78 Å². The Morgan fingerprint density at radius 3 is 2.26 bits per heavy atom. The van der Waals surface area contributed by atoms with Crippen molar-refractivity contribution in [3.8, 4) is 10.6 Å². The number of aromatic nitrogens is 1. The second-order valence-electron chi connectivity index (χ2n) is 4.54. The molecule has 100 valence electrons. The van der Waals surface area contributed by atoms with Crippen LogP contribution in [0.2, 0.25) is 0 Å². The number of hydrogen-bond donors (Lipinski definition) is 0. The number of hydrogen-bond acceptors (Lipinski definition) is 3. The molecule has 2 rings (SSSR count). The number of carbonyl (C=O) groups is 1. The Labute approximate surface area is 114 Å².